The highest BCUT2D eigenvalue weighted by molar-refractivity contribution is 7.12. The van der Waals surface area contributed by atoms with E-state index in [1.54, 1.807) is 24.3 Å². The van der Waals surface area contributed by atoms with Crippen molar-refractivity contribution in [3.05, 3.63) is 76.5 Å². The van der Waals surface area contributed by atoms with Crippen LogP contribution in [0.5, 0.6) is 0 Å². The Morgan fingerprint density at radius 1 is 1.04 bits per heavy atom. The number of thiophene rings is 1. The Kier molecular flexibility index (Phi) is 5.47. The summed E-state index contributed by atoms with van der Waals surface area (Å²) in [6.45, 7) is -0.120. The predicted molar refractivity (Wildman–Crippen MR) is 105 cm³/mol. The maximum Gasteiger partial charge on any atom is 0.262 e. The van der Waals surface area contributed by atoms with Crippen molar-refractivity contribution >= 4 is 28.8 Å². The Labute approximate surface area is 155 Å². The van der Waals surface area contributed by atoms with Gasteiger partial charge in [-0.15, -0.1) is 17.8 Å². The first-order chi connectivity index (χ1) is 12.7. The number of terminal acetylenes is 1. The molecule has 3 rings (SSSR count). The van der Waals surface area contributed by atoms with Crippen molar-refractivity contribution in [2.45, 2.75) is 0 Å². The molecule has 128 valence electrons. The number of anilines is 1. The summed E-state index contributed by atoms with van der Waals surface area (Å²) in [4.78, 5) is 25.1. The Morgan fingerprint density at radius 3 is 2.62 bits per heavy atom. The second-order valence-electron chi connectivity index (χ2n) is 5.49. The second kappa shape index (κ2) is 8.15. The van der Waals surface area contributed by atoms with E-state index in [0.29, 0.717) is 16.1 Å². The molecule has 5 heteroatoms. The smallest absolute Gasteiger partial charge is 0.262 e. The van der Waals surface area contributed by atoms with E-state index in [0.717, 1.165) is 11.1 Å². The zero-order valence-electron chi connectivity index (χ0n) is 13.9. The fourth-order valence-electron chi connectivity index (χ4n) is 2.46. The number of hydrogen-bond donors (Lipinski definition) is 2. The average Bonchev–Trinajstić information content (AvgIpc) is 3.17. The van der Waals surface area contributed by atoms with Crippen molar-refractivity contribution in [3.8, 4) is 23.5 Å². The van der Waals surface area contributed by atoms with Gasteiger partial charge in [-0.3, -0.25) is 9.59 Å². The largest absolute Gasteiger partial charge is 0.342 e. The van der Waals surface area contributed by atoms with Crippen LogP contribution in [0.2, 0.25) is 0 Å². The molecule has 1 heterocycles. The molecule has 0 fully saturated rings. The molecule has 3 aromatic rings. The van der Waals surface area contributed by atoms with Crippen LogP contribution in [0.3, 0.4) is 0 Å². The summed E-state index contributed by atoms with van der Waals surface area (Å²) in [5.74, 6) is 1.93. The van der Waals surface area contributed by atoms with Crippen molar-refractivity contribution in [2.75, 3.05) is 11.9 Å². The topological polar surface area (TPSA) is 58.2 Å². The van der Waals surface area contributed by atoms with Crippen LogP contribution in [0.25, 0.3) is 11.1 Å². The summed E-state index contributed by atoms with van der Waals surface area (Å²) in [5, 5.41) is 7.24. The van der Waals surface area contributed by atoms with Crippen LogP contribution in [-0.4, -0.2) is 18.4 Å². The number of rotatable bonds is 5. The van der Waals surface area contributed by atoms with Crippen molar-refractivity contribution in [2.24, 2.45) is 0 Å². The van der Waals surface area contributed by atoms with Gasteiger partial charge < -0.3 is 10.6 Å². The van der Waals surface area contributed by atoms with Crippen LogP contribution < -0.4 is 10.6 Å². The molecule has 26 heavy (non-hydrogen) atoms. The standard InChI is InChI=1S/C21H16N2O2S/c1-2-15-7-6-10-17(13-15)23-19(24)14-22-21(25)20-18(11-12-26-20)16-8-4-3-5-9-16/h1,3-13H,14H2,(H,22,25)(H,23,24). The third-order valence-electron chi connectivity index (χ3n) is 3.68. The number of benzene rings is 2. The summed E-state index contributed by atoms with van der Waals surface area (Å²) in [6, 6.07) is 18.6. The van der Waals surface area contributed by atoms with Crippen LogP contribution in [0.15, 0.2) is 66.0 Å². The van der Waals surface area contributed by atoms with Gasteiger partial charge in [0.05, 0.1) is 11.4 Å². The number of carbonyl (C=O) groups is 2. The maximum atomic E-state index is 12.5. The van der Waals surface area contributed by atoms with Gasteiger partial charge in [0.25, 0.3) is 5.91 Å². The molecular weight excluding hydrogens is 344 g/mol. The van der Waals surface area contributed by atoms with Gasteiger partial charge in [0, 0.05) is 16.8 Å². The molecule has 0 radical (unpaired) electrons. The lowest BCUT2D eigenvalue weighted by atomic mass is 10.1. The Balaban J connectivity index is 1.62. The molecule has 0 atom stereocenters. The summed E-state index contributed by atoms with van der Waals surface area (Å²) in [7, 11) is 0. The summed E-state index contributed by atoms with van der Waals surface area (Å²) in [6.07, 6.45) is 5.35. The van der Waals surface area contributed by atoms with Gasteiger partial charge in [0.1, 0.15) is 0 Å². The van der Waals surface area contributed by atoms with E-state index in [1.165, 1.54) is 11.3 Å². The average molecular weight is 360 g/mol. The molecule has 0 saturated carbocycles. The highest BCUT2D eigenvalue weighted by atomic mass is 32.1. The van der Waals surface area contributed by atoms with Gasteiger partial charge in [-0.05, 0) is 35.2 Å². The van der Waals surface area contributed by atoms with E-state index < -0.39 is 0 Å². The Hall–Kier alpha value is -3.36. The lowest BCUT2D eigenvalue weighted by Crippen LogP contribution is -2.32. The molecule has 2 amide bonds. The van der Waals surface area contributed by atoms with Crippen molar-refractivity contribution < 1.29 is 9.59 Å². The van der Waals surface area contributed by atoms with Gasteiger partial charge in [-0.25, -0.2) is 0 Å². The Morgan fingerprint density at radius 2 is 1.85 bits per heavy atom. The highest BCUT2D eigenvalue weighted by Crippen LogP contribution is 2.27. The van der Waals surface area contributed by atoms with Crippen molar-refractivity contribution in [3.63, 3.8) is 0 Å². The third kappa shape index (κ3) is 4.18. The van der Waals surface area contributed by atoms with E-state index in [2.05, 4.69) is 16.6 Å². The van der Waals surface area contributed by atoms with Crippen molar-refractivity contribution in [1.29, 1.82) is 0 Å². The van der Waals surface area contributed by atoms with Gasteiger partial charge in [0.2, 0.25) is 5.91 Å². The zero-order valence-corrected chi connectivity index (χ0v) is 14.7. The van der Waals surface area contributed by atoms with Gasteiger partial charge in [0.15, 0.2) is 0 Å². The molecule has 1 aromatic heterocycles. The third-order valence-corrected chi connectivity index (χ3v) is 4.59. The predicted octanol–water partition coefficient (Wildman–Crippen LogP) is 3.76. The van der Waals surface area contributed by atoms with Gasteiger partial charge in [-0.1, -0.05) is 42.3 Å². The van der Waals surface area contributed by atoms with Crippen LogP contribution >= 0.6 is 11.3 Å². The molecule has 0 unspecified atom stereocenters. The minimum absolute atomic E-state index is 0.120. The fourth-order valence-corrected chi connectivity index (χ4v) is 3.30. The lowest BCUT2D eigenvalue weighted by Gasteiger charge is -2.08. The molecular formula is C21H16N2O2S. The quantitative estimate of drug-likeness (QED) is 0.681. The van der Waals surface area contributed by atoms with Crippen LogP contribution in [-0.2, 0) is 4.79 Å². The number of hydrogen-bond acceptors (Lipinski definition) is 3. The van der Waals surface area contributed by atoms with Crippen LogP contribution in [0.4, 0.5) is 5.69 Å². The minimum Gasteiger partial charge on any atom is -0.342 e. The van der Waals surface area contributed by atoms with E-state index in [1.807, 2.05) is 41.8 Å². The fraction of sp³-hybridized carbons (Fsp3) is 0.0476. The van der Waals surface area contributed by atoms with E-state index >= 15 is 0 Å². The lowest BCUT2D eigenvalue weighted by molar-refractivity contribution is -0.115. The molecule has 0 spiro atoms. The van der Waals surface area contributed by atoms with Crippen LogP contribution in [0.1, 0.15) is 15.2 Å². The molecule has 0 aliphatic heterocycles. The second-order valence-corrected chi connectivity index (χ2v) is 6.40. The minimum atomic E-state index is -0.315. The molecule has 4 nitrogen and oxygen atoms in total. The van der Waals surface area contributed by atoms with Crippen molar-refractivity contribution in [1.82, 2.24) is 5.32 Å². The molecule has 2 aromatic carbocycles. The number of carbonyl (C=O) groups excluding carboxylic acids is 2. The molecule has 0 saturated heterocycles. The number of amides is 2. The normalized spacial score (nSPS) is 9.96. The molecule has 2 N–H and O–H groups in total. The molecule has 0 aliphatic rings. The van der Waals surface area contributed by atoms with E-state index in [4.69, 9.17) is 6.42 Å². The maximum absolute atomic E-state index is 12.5. The SMILES string of the molecule is C#Cc1cccc(NC(=O)CNC(=O)c2sccc2-c2ccccc2)c1. The van der Waals surface area contributed by atoms with Gasteiger partial charge >= 0.3 is 0 Å². The monoisotopic (exact) mass is 360 g/mol. The first-order valence-electron chi connectivity index (χ1n) is 7.95. The van der Waals surface area contributed by atoms with Gasteiger partial charge in [-0.2, -0.15) is 0 Å². The molecule has 0 bridgehead atoms. The highest BCUT2D eigenvalue weighted by Gasteiger charge is 2.15. The zero-order chi connectivity index (χ0) is 18.4. The first-order valence-corrected chi connectivity index (χ1v) is 8.83. The summed E-state index contributed by atoms with van der Waals surface area (Å²) >= 11 is 1.35. The number of nitrogens with one attached hydrogen (secondary N) is 2. The van der Waals surface area contributed by atoms with E-state index in [-0.39, 0.29) is 18.4 Å². The molecule has 0 aliphatic carbocycles. The summed E-state index contributed by atoms with van der Waals surface area (Å²) in [5.41, 5.74) is 3.10. The Bertz CT molecular complexity index is 971. The first kappa shape index (κ1) is 17.5. The van der Waals surface area contributed by atoms with Crippen LogP contribution in [0, 0.1) is 12.3 Å². The van der Waals surface area contributed by atoms with E-state index in [9.17, 15) is 9.59 Å². The summed E-state index contributed by atoms with van der Waals surface area (Å²) < 4.78 is 0.